The van der Waals surface area contributed by atoms with Crippen molar-refractivity contribution < 1.29 is 9.53 Å². The molecule has 110 valence electrons. The number of carbonyl (C=O) groups excluding carboxylic acids is 1. The molecular weight excluding hydrogens is 280 g/mol. The highest BCUT2D eigenvalue weighted by atomic mass is 16.5. The molecule has 0 saturated heterocycles. The van der Waals surface area contributed by atoms with Crippen molar-refractivity contribution in [3.8, 4) is 11.6 Å². The number of rotatable bonds is 4. The molecule has 1 amide bonds. The van der Waals surface area contributed by atoms with E-state index in [1.807, 2.05) is 6.07 Å². The highest BCUT2D eigenvalue weighted by Crippen LogP contribution is 2.21. The van der Waals surface area contributed by atoms with E-state index < -0.39 is 0 Å². The molecular formula is C16H14N4O2. The molecule has 0 aliphatic rings. The van der Waals surface area contributed by atoms with E-state index in [2.05, 4.69) is 15.4 Å². The van der Waals surface area contributed by atoms with E-state index in [-0.39, 0.29) is 5.91 Å². The predicted octanol–water partition coefficient (Wildman–Crippen LogP) is 2.53. The van der Waals surface area contributed by atoms with Gasteiger partial charge in [0.25, 0.3) is 5.91 Å². The molecule has 3 rings (SSSR count). The van der Waals surface area contributed by atoms with E-state index in [9.17, 15) is 4.79 Å². The lowest BCUT2D eigenvalue weighted by atomic mass is 10.2. The number of pyridine rings is 1. The minimum atomic E-state index is -0.265. The number of methoxy groups -OCH3 is 1. The Hall–Kier alpha value is -3.15. The predicted molar refractivity (Wildman–Crippen MR) is 82.3 cm³/mol. The largest absolute Gasteiger partial charge is 0.496 e. The number of benzene rings is 1. The molecule has 0 saturated carbocycles. The van der Waals surface area contributed by atoms with Gasteiger partial charge in [-0.3, -0.25) is 4.79 Å². The quantitative estimate of drug-likeness (QED) is 0.802. The monoisotopic (exact) mass is 294 g/mol. The van der Waals surface area contributed by atoms with Gasteiger partial charge in [-0.1, -0.05) is 12.1 Å². The molecule has 6 heteroatoms. The fraction of sp³-hybridized carbons (Fsp3) is 0.0625. The summed E-state index contributed by atoms with van der Waals surface area (Å²) in [7, 11) is 1.53. The zero-order valence-corrected chi connectivity index (χ0v) is 11.9. The van der Waals surface area contributed by atoms with E-state index in [0.29, 0.717) is 22.8 Å². The third kappa shape index (κ3) is 2.67. The first-order valence-electron chi connectivity index (χ1n) is 6.69. The van der Waals surface area contributed by atoms with Crippen LogP contribution in [0, 0.1) is 0 Å². The van der Waals surface area contributed by atoms with Crippen molar-refractivity contribution in [2.45, 2.75) is 0 Å². The van der Waals surface area contributed by atoms with Gasteiger partial charge < -0.3 is 10.1 Å². The lowest BCUT2D eigenvalue weighted by Gasteiger charge is -2.11. The number of nitrogens with zero attached hydrogens (tertiary/aromatic N) is 3. The summed E-state index contributed by atoms with van der Waals surface area (Å²) in [6.45, 7) is 0. The molecule has 22 heavy (non-hydrogen) atoms. The van der Waals surface area contributed by atoms with Crippen LogP contribution >= 0.6 is 0 Å². The first-order chi connectivity index (χ1) is 10.8. The summed E-state index contributed by atoms with van der Waals surface area (Å²) in [6, 6.07) is 12.4. The number of nitrogens with one attached hydrogen (secondary N) is 1. The Labute approximate surface area is 127 Å². The highest BCUT2D eigenvalue weighted by Gasteiger charge is 2.14. The van der Waals surface area contributed by atoms with Crippen LogP contribution in [0.3, 0.4) is 0 Å². The summed E-state index contributed by atoms with van der Waals surface area (Å²) >= 11 is 0. The third-order valence-electron chi connectivity index (χ3n) is 3.11. The van der Waals surface area contributed by atoms with Gasteiger partial charge >= 0.3 is 0 Å². The number of ether oxygens (including phenoxy) is 1. The molecule has 0 bridgehead atoms. The van der Waals surface area contributed by atoms with Gasteiger partial charge in [-0.2, -0.15) is 5.10 Å². The highest BCUT2D eigenvalue weighted by molar-refractivity contribution is 6.06. The van der Waals surface area contributed by atoms with Crippen molar-refractivity contribution in [1.29, 1.82) is 0 Å². The Balaban J connectivity index is 1.92. The minimum absolute atomic E-state index is 0.265. The van der Waals surface area contributed by atoms with Crippen LogP contribution in [0.25, 0.3) is 5.82 Å². The van der Waals surface area contributed by atoms with Crippen molar-refractivity contribution in [2.24, 2.45) is 0 Å². The van der Waals surface area contributed by atoms with Gasteiger partial charge in [0.15, 0.2) is 5.82 Å². The summed E-state index contributed by atoms with van der Waals surface area (Å²) in [4.78, 5) is 16.7. The number of amides is 1. The van der Waals surface area contributed by atoms with Crippen LogP contribution in [0.5, 0.6) is 5.75 Å². The maximum Gasteiger partial charge on any atom is 0.259 e. The molecule has 0 fully saturated rings. The van der Waals surface area contributed by atoms with E-state index in [1.54, 1.807) is 59.7 Å². The van der Waals surface area contributed by atoms with Gasteiger partial charge in [0, 0.05) is 18.6 Å². The molecule has 0 aliphatic heterocycles. The Bertz CT molecular complexity index is 784. The fourth-order valence-electron chi connectivity index (χ4n) is 2.09. The Morgan fingerprint density at radius 2 is 2.00 bits per heavy atom. The summed E-state index contributed by atoms with van der Waals surface area (Å²) in [5, 5.41) is 6.99. The summed E-state index contributed by atoms with van der Waals surface area (Å²) < 4.78 is 6.81. The summed E-state index contributed by atoms with van der Waals surface area (Å²) in [5.74, 6) is 0.805. The van der Waals surface area contributed by atoms with Gasteiger partial charge in [0.2, 0.25) is 0 Å². The average molecular weight is 294 g/mol. The maximum atomic E-state index is 12.5. The van der Waals surface area contributed by atoms with E-state index in [4.69, 9.17) is 4.74 Å². The number of anilines is 1. The van der Waals surface area contributed by atoms with E-state index >= 15 is 0 Å². The van der Waals surface area contributed by atoms with Crippen molar-refractivity contribution in [2.75, 3.05) is 12.4 Å². The smallest absolute Gasteiger partial charge is 0.259 e. The van der Waals surface area contributed by atoms with Crippen LogP contribution < -0.4 is 10.1 Å². The molecule has 1 aromatic carbocycles. The standard InChI is InChI=1S/C16H14N4O2/c1-22-14-8-3-2-6-12(14)16(21)19-13-7-4-9-17-15(13)20-11-5-10-18-20/h2-11H,1H3,(H,19,21). The molecule has 6 nitrogen and oxygen atoms in total. The van der Waals surface area contributed by atoms with Gasteiger partial charge in [-0.25, -0.2) is 9.67 Å². The lowest BCUT2D eigenvalue weighted by Crippen LogP contribution is -2.15. The molecule has 1 N–H and O–H groups in total. The SMILES string of the molecule is COc1ccccc1C(=O)Nc1cccnc1-n1cccn1. The van der Waals surface area contributed by atoms with Gasteiger partial charge in [-0.05, 0) is 30.3 Å². The average Bonchev–Trinajstić information content (AvgIpc) is 3.09. The third-order valence-corrected chi connectivity index (χ3v) is 3.11. The van der Waals surface area contributed by atoms with Gasteiger partial charge in [0.05, 0.1) is 18.4 Å². The Kier molecular flexibility index (Phi) is 3.82. The van der Waals surface area contributed by atoms with Crippen molar-refractivity contribution >= 4 is 11.6 Å². The second-order valence-corrected chi connectivity index (χ2v) is 4.48. The maximum absolute atomic E-state index is 12.5. The normalized spacial score (nSPS) is 10.2. The van der Waals surface area contributed by atoms with Gasteiger partial charge in [0.1, 0.15) is 5.75 Å². The Morgan fingerprint density at radius 1 is 1.14 bits per heavy atom. The topological polar surface area (TPSA) is 69.0 Å². The van der Waals surface area contributed by atoms with Gasteiger partial charge in [-0.15, -0.1) is 0 Å². The number of hydrogen-bond acceptors (Lipinski definition) is 4. The van der Waals surface area contributed by atoms with Crippen LogP contribution in [0.2, 0.25) is 0 Å². The molecule has 0 spiro atoms. The molecule has 2 heterocycles. The molecule has 3 aromatic rings. The minimum Gasteiger partial charge on any atom is -0.496 e. The molecule has 0 atom stereocenters. The number of para-hydroxylation sites is 1. The number of hydrogen-bond donors (Lipinski definition) is 1. The fourth-order valence-corrected chi connectivity index (χ4v) is 2.09. The molecule has 0 aliphatic carbocycles. The molecule has 2 aromatic heterocycles. The molecule has 0 radical (unpaired) electrons. The van der Waals surface area contributed by atoms with Crippen LogP contribution in [0.15, 0.2) is 61.1 Å². The van der Waals surface area contributed by atoms with Crippen LogP contribution in [0.4, 0.5) is 5.69 Å². The second kappa shape index (κ2) is 6.09. The number of aromatic nitrogens is 3. The van der Waals surface area contributed by atoms with Crippen LogP contribution in [-0.4, -0.2) is 27.8 Å². The van der Waals surface area contributed by atoms with Crippen molar-refractivity contribution in [3.05, 3.63) is 66.6 Å². The molecule has 0 unspecified atom stereocenters. The zero-order chi connectivity index (χ0) is 15.4. The van der Waals surface area contributed by atoms with Crippen LogP contribution in [-0.2, 0) is 0 Å². The zero-order valence-electron chi connectivity index (χ0n) is 11.9. The first-order valence-corrected chi connectivity index (χ1v) is 6.69. The van der Waals surface area contributed by atoms with Crippen molar-refractivity contribution in [1.82, 2.24) is 14.8 Å². The summed E-state index contributed by atoms with van der Waals surface area (Å²) in [5.41, 5.74) is 1.03. The Morgan fingerprint density at radius 3 is 2.77 bits per heavy atom. The lowest BCUT2D eigenvalue weighted by molar-refractivity contribution is 0.102. The first kappa shape index (κ1) is 13.8. The summed E-state index contributed by atoms with van der Waals surface area (Å²) in [6.07, 6.45) is 5.07. The van der Waals surface area contributed by atoms with E-state index in [1.165, 1.54) is 7.11 Å². The number of carbonyl (C=O) groups is 1. The van der Waals surface area contributed by atoms with E-state index in [0.717, 1.165) is 0 Å². The van der Waals surface area contributed by atoms with Crippen molar-refractivity contribution in [3.63, 3.8) is 0 Å². The van der Waals surface area contributed by atoms with Crippen LogP contribution in [0.1, 0.15) is 10.4 Å². The second-order valence-electron chi connectivity index (χ2n) is 4.48.